The van der Waals surface area contributed by atoms with Gasteiger partial charge in [-0.15, -0.1) is 6.42 Å². The lowest BCUT2D eigenvalue weighted by molar-refractivity contribution is -0.150. The van der Waals surface area contributed by atoms with Crippen LogP contribution in [0.5, 0.6) is 0 Å². The minimum absolute atomic E-state index is 0.104. The highest BCUT2D eigenvalue weighted by Crippen LogP contribution is 2.33. The Morgan fingerprint density at radius 3 is 1.95 bits per heavy atom. The molecule has 0 aliphatic carbocycles. The summed E-state index contributed by atoms with van der Waals surface area (Å²) in [4.78, 5) is 42.5. The number of rotatable bonds is 9. The molecule has 2 atom stereocenters. The first-order chi connectivity index (χ1) is 16.8. The third-order valence-electron chi connectivity index (χ3n) is 5.85. The molecule has 7 heteroatoms. The second kappa shape index (κ2) is 12.5. The van der Waals surface area contributed by atoms with Crippen LogP contribution in [0.2, 0.25) is 0 Å². The summed E-state index contributed by atoms with van der Waals surface area (Å²) in [7, 11) is 0. The van der Waals surface area contributed by atoms with E-state index in [1.54, 1.807) is 49.9 Å². The maximum atomic E-state index is 14.3. The summed E-state index contributed by atoms with van der Waals surface area (Å²) in [5.41, 5.74) is -0.643. The van der Waals surface area contributed by atoms with E-state index in [0.717, 1.165) is 0 Å². The number of hydrogen-bond donors (Lipinski definition) is 2. The molecule has 0 bridgehead atoms. The number of nitrogens with one attached hydrogen (secondary N) is 2. The molecule has 0 fully saturated rings. The Kier molecular flexibility index (Phi) is 10.8. The highest BCUT2D eigenvalue weighted by atomic mass is 16.6. The topological polar surface area (TPSA) is 87.7 Å². The SMILES string of the molecule is C#Cc1ccc(C(C(=O)NC(C)(C)C)N(C(=O)C(CC(C)C)NC(=O)OC(C)(C)C)C(C)(C)CC)cc1. The van der Waals surface area contributed by atoms with E-state index in [2.05, 4.69) is 16.6 Å². The van der Waals surface area contributed by atoms with Gasteiger partial charge in [0.15, 0.2) is 0 Å². The molecule has 0 saturated heterocycles. The molecule has 7 nitrogen and oxygen atoms in total. The molecule has 0 aromatic heterocycles. The Hall–Kier alpha value is -3.01. The van der Waals surface area contributed by atoms with Gasteiger partial charge in [-0.3, -0.25) is 9.59 Å². The minimum Gasteiger partial charge on any atom is -0.444 e. The van der Waals surface area contributed by atoms with Crippen molar-refractivity contribution in [1.82, 2.24) is 15.5 Å². The molecule has 0 aliphatic rings. The van der Waals surface area contributed by atoms with Crippen LogP contribution in [0, 0.1) is 18.3 Å². The maximum absolute atomic E-state index is 14.3. The summed E-state index contributed by atoms with van der Waals surface area (Å²) in [6.07, 6.45) is 5.85. The summed E-state index contributed by atoms with van der Waals surface area (Å²) >= 11 is 0. The largest absolute Gasteiger partial charge is 0.444 e. The van der Waals surface area contributed by atoms with Crippen LogP contribution >= 0.6 is 0 Å². The molecule has 3 amide bonds. The number of carbonyl (C=O) groups is 3. The van der Waals surface area contributed by atoms with Gasteiger partial charge in [0.1, 0.15) is 17.7 Å². The molecular weight excluding hydrogens is 466 g/mol. The molecule has 0 spiro atoms. The predicted octanol–water partition coefficient (Wildman–Crippen LogP) is 5.58. The average Bonchev–Trinajstić information content (AvgIpc) is 2.73. The fraction of sp³-hybridized carbons (Fsp3) is 0.633. The first-order valence-corrected chi connectivity index (χ1v) is 13.0. The maximum Gasteiger partial charge on any atom is 0.408 e. The second-order valence-electron chi connectivity index (χ2n) is 12.6. The molecule has 1 aromatic rings. The lowest BCUT2D eigenvalue weighted by Crippen LogP contribution is -2.60. The summed E-state index contributed by atoms with van der Waals surface area (Å²) < 4.78 is 5.46. The fourth-order valence-corrected chi connectivity index (χ4v) is 3.87. The van der Waals surface area contributed by atoms with Gasteiger partial charge in [-0.2, -0.15) is 0 Å². The first kappa shape index (κ1) is 32.0. The molecule has 206 valence electrons. The van der Waals surface area contributed by atoms with Crippen LogP contribution in [0.25, 0.3) is 0 Å². The highest BCUT2D eigenvalue weighted by molar-refractivity contribution is 5.93. The zero-order valence-electron chi connectivity index (χ0n) is 24.6. The van der Waals surface area contributed by atoms with Crippen LogP contribution in [-0.2, 0) is 14.3 Å². The van der Waals surface area contributed by atoms with Crippen molar-refractivity contribution in [3.63, 3.8) is 0 Å². The smallest absolute Gasteiger partial charge is 0.408 e. The zero-order chi connectivity index (χ0) is 28.8. The quantitative estimate of drug-likeness (QED) is 0.422. The number of hydrogen-bond acceptors (Lipinski definition) is 4. The lowest BCUT2D eigenvalue weighted by Gasteiger charge is -2.45. The normalized spacial score (nSPS) is 13.8. The Morgan fingerprint density at radius 2 is 1.54 bits per heavy atom. The number of terminal acetylenes is 1. The van der Waals surface area contributed by atoms with Crippen LogP contribution < -0.4 is 10.6 Å². The predicted molar refractivity (Wildman–Crippen MR) is 149 cm³/mol. The van der Waals surface area contributed by atoms with Crippen molar-refractivity contribution >= 4 is 17.9 Å². The van der Waals surface area contributed by atoms with Gasteiger partial charge in [-0.25, -0.2) is 4.79 Å². The number of nitrogens with zero attached hydrogens (tertiary/aromatic N) is 1. The third kappa shape index (κ3) is 10.1. The van der Waals surface area contributed by atoms with Crippen molar-refractivity contribution in [1.29, 1.82) is 0 Å². The van der Waals surface area contributed by atoms with Crippen LogP contribution in [0.3, 0.4) is 0 Å². The Labute approximate surface area is 224 Å². The Bertz CT molecular complexity index is 976. The van der Waals surface area contributed by atoms with Gasteiger partial charge in [0.25, 0.3) is 0 Å². The summed E-state index contributed by atoms with van der Waals surface area (Å²) in [6.45, 7) is 20.8. The van der Waals surface area contributed by atoms with Gasteiger partial charge in [0.05, 0.1) is 0 Å². The molecule has 37 heavy (non-hydrogen) atoms. The highest BCUT2D eigenvalue weighted by Gasteiger charge is 2.43. The molecule has 1 aromatic carbocycles. The second-order valence-corrected chi connectivity index (χ2v) is 12.6. The van der Waals surface area contributed by atoms with Gasteiger partial charge in [-0.05, 0) is 91.8 Å². The van der Waals surface area contributed by atoms with Crippen LogP contribution in [0.15, 0.2) is 24.3 Å². The minimum atomic E-state index is -0.941. The lowest BCUT2D eigenvalue weighted by atomic mass is 9.90. The van der Waals surface area contributed by atoms with Crippen molar-refractivity contribution < 1.29 is 19.1 Å². The molecule has 1 rings (SSSR count). The van der Waals surface area contributed by atoms with Crippen molar-refractivity contribution in [2.24, 2.45) is 5.92 Å². The van der Waals surface area contributed by atoms with E-state index in [0.29, 0.717) is 24.0 Å². The fourth-order valence-electron chi connectivity index (χ4n) is 3.87. The van der Waals surface area contributed by atoms with Crippen LogP contribution in [0.1, 0.15) is 106 Å². The number of amides is 3. The first-order valence-electron chi connectivity index (χ1n) is 13.0. The molecular formula is C30H47N3O4. The van der Waals surface area contributed by atoms with Crippen molar-refractivity contribution in [3.05, 3.63) is 35.4 Å². The van der Waals surface area contributed by atoms with Crippen LogP contribution in [-0.4, -0.2) is 45.5 Å². The third-order valence-corrected chi connectivity index (χ3v) is 5.85. The Balaban J connectivity index is 3.70. The molecule has 2 N–H and O–H groups in total. The monoisotopic (exact) mass is 513 g/mol. The van der Waals surface area contributed by atoms with Crippen LogP contribution in [0.4, 0.5) is 4.79 Å². The average molecular weight is 514 g/mol. The van der Waals surface area contributed by atoms with E-state index in [1.165, 1.54) is 0 Å². The summed E-state index contributed by atoms with van der Waals surface area (Å²) in [6, 6.07) is 5.27. The van der Waals surface area contributed by atoms with Crippen molar-refractivity contribution in [3.8, 4) is 12.3 Å². The van der Waals surface area contributed by atoms with E-state index in [9.17, 15) is 14.4 Å². The van der Waals surface area contributed by atoms with E-state index in [1.807, 2.05) is 55.4 Å². The summed E-state index contributed by atoms with van der Waals surface area (Å²) in [5, 5.41) is 5.83. The number of carbonyl (C=O) groups excluding carboxylic acids is 3. The van der Waals surface area contributed by atoms with E-state index in [4.69, 9.17) is 11.2 Å². The van der Waals surface area contributed by atoms with Gasteiger partial charge in [0, 0.05) is 16.6 Å². The van der Waals surface area contributed by atoms with E-state index < -0.39 is 34.9 Å². The molecule has 0 heterocycles. The van der Waals surface area contributed by atoms with Crippen molar-refractivity contribution in [2.75, 3.05) is 0 Å². The van der Waals surface area contributed by atoms with E-state index >= 15 is 0 Å². The number of benzene rings is 1. The van der Waals surface area contributed by atoms with Crippen molar-refractivity contribution in [2.45, 2.75) is 118 Å². The molecule has 0 radical (unpaired) electrons. The zero-order valence-corrected chi connectivity index (χ0v) is 24.6. The van der Waals surface area contributed by atoms with Gasteiger partial charge in [-0.1, -0.05) is 38.8 Å². The van der Waals surface area contributed by atoms with Gasteiger partial charge >= 0.3 is 6.09 Å². The van der Waals surface area contributed by atoms with E-state index in [-0.39, 0.29) is 17.7 Å². The standard InChI is InChI=1S/C30H47N3O4/c1-13-21-15-17-22(18-16-21)24(25(34)32-28(5,6)7)33(30(11,12)14-2)26(35)23(19-20(3)4)31-27(36)37-29(8,9)10/h1,15-18,20,23-24H,14,19H2,2-12H3,(H,31,36)(H,32,34). The van der Waals surface area contributed by atoms with Gasteiger partial charge < -0.3 is 20.3 Å². The molecule has 0 saturated carbocycles. The number of ether oxygens (including phenoxy) is 1. The number of alkyl carbamates (subject to hydrolysis) is 1. The summed E-state index contributed by atoms with van der Waals surface area (Å²) in [5.74, 6) is 2.04. The Morgan fingerprint density at radius 1 is 1.00 bits per heavy atom. The molecule has 0 aliphatic heterocycles. The van der Waals surface area contributed by atoms with Gasteiger partial charge in [0.2, 0.25) is 11.8 Å². The molecule has 2 unspecified atom stereocenters.